The third-order valence-corrected chi connectivity index (χ3v) is 7.77. The molecule has 0 fully saturated rings. The summed E-state index contributed by atoms with van der Waals surface area (Å²) in [5, 5.41) is 11.1. The lowest BCUT2D eigenvalue weighted by molar-refractivity contribution is -0.129. The summed E-state index contributed by atoms with van der Waals surface area (Å²) in [6, 6.07) is 16.8. The summed E-state index contributed by atoms with van der Waals surface area (Å²) in [5.74, 6) is -0.651. The summed E-state index contributed by atoms with van der Waals surface area (Å²) in [4.78, 5) is 26.3. The van der Waals surface area contributed by atoms with Crippen molar-refractivity contribution in [2.24, 2.45) is 11.0 Å². The van der Waals surface area contributed by atoms with Crippen molar-refractivity contribution in [3.8, 4) is 0 Å². The number of carbonyl (C=O) groups excluding carboxylic acids is 2. The van der Waals surface area contributed by atoms with Gasteiger partial charge < -0.3 is 9.88 Å². The molecule has 0 aliphatic heterocycles. The summed E-state index contributed by atoms with van der Waals surface area (Å²) in [6.07, 6.45) is 1.90. The number of nitrogens with zero attached hydrogens (tertiary/aromatic N) is 2. The Kier molecular flexibility index (Phi) is 8.69. The average Bonchev–Trinajstić information content (AvgIpc) is 3.46. The number of fused-ring (bicyclic) bond motifs is 1. The number of hydrogen-bond donors (Lipinski definition) is 2. The second kappa shape index (κ2) is 11.9. The number of hydrogen-bond acceptors (Lipinski definition) is 4. The van der Waals surface area contributed by atoms with Gasteiger partial charge in [0, 0.05) is 33.6 Å². The fraction of sp³-hybridized carbons (Fsp3) is 0.250. The number of benzene rings is 2. The van der Waals surface area contributed by atoms with Crippen molar-refractivity contribution in [2.45, 2.75) is 39.8 Å². The van der Waals surface area contributed by atoms with E-state index in [0.29, 0.717) is 16.6 Å². The van der Waals surface area contributed by atoms with E-state index in [0.717, 1.165) is 32.6 Å². The van der Waals surface area contributed by atoms with E-state index in [1.165, 1.54) is 11.3 Å². The summed E-state index contributed by atoms with van der Waals surface area (Å²) in [6.45, 7) is 6.40. The third-order valence-electron chi connectivity index (χ3n) is 6.15. The highest BCUT2D eigenvalue weighted by Gasteiger charge is 2.24. The van der Waals surface area contributed by atoms with Crippen LogP contribution in [0.4, 0.5) is 0 Å². The second-order valence-corrected chi connectivity index (χ2v) is 11.0. The van der Waals surface area contributed by atoms with Gasteiger partial charge in [0.25, 0.3) is 5.91 Å². The van der Waals surface area contributed by atoms with Gasteiger partial charge in [-0.05, 0) is 48.1 Å². The predicted molar refractivity (Wildman–Crippen MR) is 153 cm³/mol. The highest BCUT2D eigenvalue weighted by Crippen LogP contribution is 2.28. The topological polar surface area (TPSA) is 75.5 Å². The van der Waals surface area contributed by atoms with Crippen LogP contribution in [0.2, 0.25) is 10.0 Å². The molecule has 2 heterocycles. The molecule has 2 N–H and O–H groups in total. The van der Waals surface area contributed by atoms with E-state index in [1.54, 1.807) is 12.3 Å². The minimum atomic E-state index is -0.693. The molecule has 0 aliphatic carbocycles. The second-order valence-electron chi connectivity index (χ2n) is 9.13. The van der Waals surface area contributed by atoms with E-state index >= 15 is 0 Å². The number of thiophene rings is 1. The van der Waals surface area contributed by atoms with E-state index in [4.69, 9.17) is 23.2 Å². The summed E-state index contributed by atoms with van der Waals surface area (Å²) in [7, 11) is 0. The first-order valence-corrected chi connectivity index (χ1v) is 13.5. The Morgan fingerprint density at radius 2 is 1.86 bits per heavy atom. The molecule has 4 aromatic rings. The van der Waals surface area contributed by atoms with Gasteiger partial charge in [-0.25, -0.2) is 5.43 Å². The number of nitrogens with one attached hydrogen (secondary N) is 2. The van der Waals surface area contributed by atoms with Crippen molar-refractivity contribution < 1.29 is 9.59 Å². The van der Waals surface area contributed by atoms with Crippen LogP contribution < -0.4 is 10.7 Å². The zero-order valence-electron chi connectivity index (χ0n) is 20.8. The molecule has 2 aromatic carbocycles. The van der Waals surface area contributed by atoms with Crippen molar-refractivity contribution in [1.82, 2.24) is 15.3 Å². The average molecular weight is 556 g/mol. The number of hydrazone groups is 1. The van der Waals surface area contributed by atoms with Crippen LogP contribution in [0, 0.1) is 12.8 Å². The van der Waals surface area contributed by atoms with Crippen molar-refractivity contribution in [3.05, 3.63) is 91.7 Å². The molecule has 192 valence electrons. The molecule has 4 rings (SSSR count). The molecule has 0 spiro atoms. The maximum Gasteiger partial charge on any atom is 0.262 e. The van der Waals surface area contributed by atoms with Crippen LogP contribution in [0.15, 0.2) is 65.1 Å². The Labute approximate surface area is 230 Å². The Balaban J connectivity index is 1.51. The van der Waals surface area contributed by atoms with Gasteiger partial charge in [-0.3, -0.25) is 9.59 Å². The monoisotopic (exact) mass is 554 g/mol. The van der Waals surface area contributed by atoms with E-state index in [2.05, 4.69) is 20.4 Å². The molecular formula is C28H28Cl2N4O2S. The lowest BCUT2D eigenvalue weighted by Crippen LogP contribution is -2.49. The predicted octanol–water partition coefficient (Wildman–Crippen LogP) is 6.20. The molecular weight excluding hydrogens is 527 g/mol. The molecule has 0 radical (unpaired) electrons. The van der Waals surface area contributed by atoms with Gasteiger partial charge >= 0.3 is 0 Å². The highest BCUT2D eigenvalue weighted by molar-refractivity contribution is 7.10. The van der Waals surface area contributed by atoms with Crippen molar-refractivity contribution >= 4 is 63.5 Å². The van der Waals surface area contributed by atoms with E-state index in [-0.39, 0.29) is 24.2 Å². The molecule has 2 amide bonds. The fourth-order valence-corrected chi connectivity index (χ4v) is 5.23. The van der Waals surface area contributed by atoms with Crippen LogP contribution in [0.5, 0.6) is 0 Å². The van der Waals surface area contributed by atoms with Gasteiger partial charge in [-0.2, -0.15) is 5.10 Å². The molecule has 0 saturated carbocycles. The van der Waals surface area contributed by atoms with Gasteiger partial charge in [0.05, 0.1) is 22.7 Å². The molecule has 0 bridgehead atoms. The smallest absolute Gasteiger partial charge is 0.262 e. The number of rotatable bonds is 9. The molecule has 0 unspecified atom stereocenters. The van der Waals surface area contributed by atoms with Crippen molar-refractivity contribution in [1.29, 1.82) is 0 Å². The molecule has 0 saturated heterocycles. The van der Waals surface area contributed by atoms with Crippen LogP contribution in [0.1, 0.15) is 35.5 Å². The van der Waals surface area contributed by atoms with E-state index in [1.807, 2.05) is 74.7 Å². The van der Waals surface area contributed by atoms with Gasteiger partial charge in [-0.15, -0.1) is 11.3 Å². The standard InChI is InChI=1S/C28H28Cl2N4O2S/c1-17(2)27(32-26(35)14-20-7-6-12-37-20)28(36)33-31-15-22-18(3)34(25-9-5-4-8-21(22)25)16-19-10-11-23(29)24(30)13-19/h4-13,15,17,27H,14,16H2,1-3H3,(H,32,35)(H,33,36)/b31-15+/t27-/m0/s1. The van der Waals surface area contributed by atoms with Gasteiger partial charge in [-0.1, -0.05) is 67.4 Å². The van der Waals surface area contributed by atoms with Crippen LogP contribution >= 0.6 is 34.5 Å². The Morgan fingerprint density at radius 1 is 1.08 bits per heavy atom. The first-order chi connectivity index (χ1) is 17.7. The number of amides is 2. The first kappa shape index (κ1) is 26.9. The Morgan fingerprint density at radius 3 is 2.57 bits per heavy atom. The molecule has 1 atom stereocenters. The lowest BCUT2D eigenvalue weighted by atomic mass is 10.0. The summed E-state index contributed by atoms with van der Waals surface area (Å²) >= 11 is 13.8. The Hall–Kier alpha value is -3.13. The maximum absolute atomic E-state index is 12.9. The minimum absolute atomic E-state index is 0.0997. The van der Waals surface area contributed by atoms with Crippen molar-refractivity contribution in [3.63, 3.8) is 0 Å². The SMILES string of the molecule is Cc1c(/C=N/NC(=O)[C@@H](NC(=O)Cc2cccs2)C(C)C)c2ccccc2n1Cc1ccc(Cl)c(Cl)c1. The fourth-order valence-electron chi connectivity index (χ4n) is 4.21. The van der Waals surface area contributed by atoms with Gasteiger partial charge in [0.1, 0.15) is 6.04 Å². The largest absolute Gasteiger partial charge is 0.344 e. The quantitative estimate of drug-likeness (QED) is 0.191. The zero-order chi connectivity index (χ0) is 26.5. The molecule has 37 heavy (non-hydrogen) atoms. The minimum Gasteiger partial charge on any atom is -0.344 e. The van der Waals surface area contributed by atoms with Crippen LogP contribution in [-0.4, -0.2) is 28.6 Å². The van der Waals surface area contributed by atoms with Crippen LogP contribution in [0.25, 0.3) is 10.9 Å². The third kappa shape index (κ3) is 6.42. The Bertz CT molecular complexity index is 1440. The molecule has 9 heteroatoms. The van der Waals surface area contributed by atoms with Crippen molar-refractivity contribution in [2.75, 3.05) is 0 Å². The van der Waals surface area contributed by atoms with Crippen LogP contribution in [0.3, 0.4) is 0 Å². The maximum atomic E-state index is 12.9. The molecule has 6 nitrogen and oxygen atoms in total. The normalized spacial score (nSPS) is 12.4. The van der Waals surface area contributed by atoms with Gasteiger partial charge in [0.2, 0.25) is 5.91 Å². The highest BCUT2D eigenvalue weighted by atomic mass is 35.5. The van der Waals surface area contributed by atoms with Gasteiger partial charge in [0.15, 0.2) is 0 Å². The number of halogens is 2. The number of aromatic nitrogens is 1. The summed E-state index contributed by atoms with van der Waals surface area (Å²) in [5.41, 5.74) is 6.58. The van der Waals surface area contributed by atoms with E-state index in [9.17, 15) is 9.59 Å². The number of carbonyl (C=O) groups is 2. The molecule has 0 aliphatic rings. The molecule has 2 aromatic heterocycles. The lowest BCUT2D eigenvalue weighted by Gasteiger charge is -2.20. The van der Waals surface area contributed by atoms with E-state index < -0.39 is 6.04 Å². The van der Waals surface area contributed by atoms with Crippen LogP contribution in [-0.2, 0) is 22.6 Å². The zero-order valence-corrected chi connectivity index (χ0v) is 23.1. The number of para-hydroxylation sites is 1. The first-order valence-electron chi connectivity index (χ1n) is 11.9. The summed E-state index contributed by atoms with van der Waals surface area (Å²) < 4.78 is 2.18.